The first-order chi connectivity index (χ1) is 10.5. The van der Waals surface area contributed by atoms with E-state index < -0.39 is 23.8 Å². The van der Waals surface area contributed by atoms with E-state index in [1.165, 1.54) is 19.3 Å². The van der Waals surface area contributed by atoms with Crippen LogP contribution in [-0.4, -0.2) is 49.5 Å². The summed E-state index contributed by atoms with van der Waals surface area (Å²) < 4.78 is 21.4. The average molecular weight is 335 g/mol. The van der Waals surface area contributed by atoms with Crippen LogP contribution < -0.4 is 0 Å². The molecule has 126 valence electrons. The number of methoxy groups -OCH3 is 1. The summed E-state index contributed by atoms with van der Waals surface area (Å²) in [5.41, 5.74) is 0. The zero-order chi connectivity index (χ0) is 16.6. The summed E-state index contributed by atoms with van der Waals surface area (Å²) in [5, 5.41) is 0. The zero-order valence-electron chi connectivity index (χ0n) is 13.2. The zero-order valence-corrected chi connectivity index (χ0v) is 13.9. The first-order valence-corrected chi connectivity index (χ1v) is 7.85. The quantitative estimate of drug-likeness (QED) is 0.385. The Morgan fingerprint density at radius 3 is 2.59 bits per heavy atom. The lowest BCUT2D eigenvalue weighted by Crippen LogP contribution is -2.30. The molecular weight excluding hydrogens is 312 g/mol. The van der Waals surface area contributed by atoms with E-state index in [2.05, 4.69) is 4.74 Å². The lowest BCUT2D eigenvalue weighted by Gasteiger charge is -2.25. The van der Waals surface area contributed by atoms with Crippen LogP contribution in [0.2, 0.25) is 0 Å². The predicted octanol–water partition coefficient (Wildman–Crippen LogP) is 2.19. The number of alkyl halides is 1. The molecule has 1 fully saturated rings. The predicted molar refractivity (Wildman–Crippen MR) is 80.5 cm³/mol. The van der Waals surface area contributed by atoms with Gasteiger partial charge in [-0.15, -0.1) is 11.6 Å². The smallest absolute Gasteiger partial charge is 0.330 e. The van der Waals surface area contributed by atoms with Crippen molar-refractivity contribution in [1.82, 2.24) is 0 Å². The third kappa shape index (κ3) is 5.59. The van der Waals surface area contributed by atoms with E-state index in [1.807, 2.05) is 13.8 Å². The molecule has 0 aromatic rings. The van der Waals surface area contributed by atoms with Crippen LogP contribution in [0.25, 0.3) is 0 Å². The number of carbonyl (C=O) groups is 2. The number of halogens is 1. The number of hydrogen-bond acceptors (Lipinski definition) is 6. The molecule has 1 rings (SSSR count). The van der Waals surface area contributed by atoms with Crippen LogP contribution >= 0.6 is 11.6 Å². The SMILES string of the molecule is CCC1(CC)OC[C@@H](C[C@@H](/C=C/C(=O)OC)OC(=O)CCl)O1. The molecule has 0 spiro atoms. The molecule has 1 saturated heterocycles. The third-order valence-electron chi connectivity index (χ3n) is 3.53. The second-order valence-corrected chi connectivity index (χ2v) is 5.22. The fourth-order valence-corrected chi connectivity index (χ4v) is 2.30. The molecule has 1 aliphatic heterocycles. The van der Waals surface area contributed by atoms with Crippen molar-refractivity contribution >= 4 is 23.5 Å². The molecule has 0 N–H and O–H groups in total. The monoisotopic (exact) mass is 334 g/mol. The van der Waals surface area contributed by atoms with Gasteiger partial charge in [0.25, 0.3) is 0 Å². The maximum atomic E-state index is 11.4. The van der Waals surface area contributed by atoms with Crippen LogP contribution in [0.5, 0.6) is 0 Å². The van der Waals surface area contributed by atoms with E-state index in [9.17, 15) is 9.59 Å². The molecule has 6 nitrogen and oxygen atoms in total. The number of ether oxygens (including phenoxy) is 4. The molecule has 2 atom stereocenters. The highest BCUT2D eigenvalue weighted by Gasteiger charge is 2.39. The Balaban J connectivity index is 2.66. The van der Waals surface area contributed by atoms with Crippen LogP contribution in [0.3, 0.4) is 0 Å². The molecule has 0 amide bonds. The van der Waals surface area contributed by atoms with Crippen LogP contribution in [0.15, 0.2) is 12.2 Å². The fraction of sp³-hybridized carbons (Fsp3) is 0.733. The first-order valence-electron chi connectivity index (χ1n) is 7.32. The van der Waals surface area contributed by atoms with Gasteiger partial charge in [-0.05, 0) is 18.9 Å². The van der Waals surface area contributed by atoms with E-state index in [1.54, 1.807) is 0 Å². The molecule has 1 aliphatic rings. The minimum absolute atomic E-state index is 0.213. The second-order valence-electron chi connectivity index (χ2n) is 4.95. The lowest BCUT2D eigenvalue weighted by molar-refractivity contribution is -0.174. The van der Waals surface area contributed by atoms with Crippen LogP contribution in [-0.2, 0) is 28.5 Å². The summed E-state index contributed by atoms with van der Waals surface area (Å²) in [6, 6.07) is 0. The van der Waals surface area contributed by atoms with Crippen molar-refractivity contribution in [1.29, 1.82) is 0 Å². The van der Waals surface area contributed by atoms with Gasteiger partial charge in [-0.3, -0.25) is 4.79 Å². The molecule has 0 saturated carbocycles. The van der Waals surface area contributed by atoms with Crippen molar-refractivity contribution in [2.45, 2.75) is 51.1 Å². The number of hydrogen-bond donors (Lipinski definition) is 0. The van der Waals surface area contributed by atoms with E-state index in [-0.39, 0.29) is 12.0 Å². The number of esters is 2. The summed E-state index contributed by atoms with van der Waals surface area (Å²) in [4.78, 5) is 22.5. The molecule has 7 heteroatoms. The van der Waals surface area contributed by atoms with Gasteiger partial charge in [0.1, 0.15) is 12.0 Å². The van der Waals surface area contributed by atoms with Gasteiger partial charge in [-0.25, -0.2) is 4.79 Å². The highest BCUT2D eigenvalue weighted by Crippen LogP contribution is 2.32. The van der Waals surface area contributed by atoms with Gasteiger partial charge >= 0.3 is 11.9 Å². The Morgan fingerprint density at radius 2 is 2.09 bits per heavy atom. The minimum Gasteiger partial charge on any atom is -0.466 e. The van der Waals surface area contributed by atoms with Crippen molar-refractivity contribution in [3.05, 3.63) is 12.2 Å². The van der Waals surface area contributed by atoms with Gasteiger partial charge in [0, 0.05) is 12.5 Å². The summed E-state index contributed by atoms with van der Waals surface area (Å²) >= 11 is 5.45. The van der Waals surface area contributed by atoms with Crippen molar-refractivity contribution in [2.75, 3.05) is 19.6 Å². The van der Waals surface area contributed by atoms with E-state index in [0.717, 1.165) is 12.8 Å². The fourth-order valence-electron chi connectivity index (χ4n) is 2.23. The van der Waals surface area contributed by atoms with Crippen molar-refractivity contribution in [3.8, 4) is 0 Å². The highest BCUT2D eigenvalue weighted by molar-refractivity contribution is 6.26. The van der Waals surface area contributed by atoms with Crippen molar-refractivity contribution < 1.29 is 28.5 Å². The third-order valence-corrected chi connectivity index (χ3v) is 3.74. The van der Waals surface area contributed by atoms with Gasteiger partial charge in [0.05, 0.1) is 19.8 Å². The Labute approximate surface area is 135 Å². The van der Waals surface area contributed by atoms with Crippen LogP contribution in [0.4, 0.5) is 0 Å². The topological polar surface area (TPSA) is 71.1 Å². The Kier molecular flexibility index (Phi) is 7.85. The normalized spacial score (nSPS) is 21.7. The Morgan fingerprint density at radius 1 is 1.41 bits per heavy atom. The summed E-state index contributed by atoms with van der Waals surface area (Å²) in [5.74, 6) is -1.90. The van der Waals surface area contributed by atoms with E-state index in [0.29, 0.717) is 13.0 Å². The van der Waals surface area contributed by atoms with Crippen LogP contribution in [0.1, 0.15) is 33.1 Å². The largest absolute Gasteiger partial charge is 0.466 e. The standard InChI is InChI=1S/C15H23ClO6/c1-4-15(5-2)20-10-12(22-15)8-11(21-14(18)9-16)6-7-13(17)19-3/h6-7,11-12H,4-5,8-10H2,1-3H3/b7-6+/t11-,12-/m1/s1. The Hall–Kier alpha value is -1.11. The summed E-state index contributed by atoms with van der Waals surface area (Å²) in [6.07, 6.45) is 3.72. The van der Waals surface area contributed by atoms with Gasteiger partial charge in [0.15, 0.2) is 5.79 Å². The molecule has 0 radical (unpaired) electrons. The second kappa shape index (κ2) is 9.12. The molecule has 0 bridgehead atoms. The molecule has 0 aromatic heterocycles. The van der Waals surface area contributed by atoms with Gasteiger partial charge in [-0.1, -0.05) is 13.8 Å². The van der Waals surface area contributed by atoms with Crippen LogP contribution in [0, 0.1) is 0 Å². The Bertz CT molecular complexity index is 405. The number of carbonyl (C=O) groups excluding carboxylic acids is 2. The molecule has 0 unspecified atom stereocenters. The first kappa shape index (κ1) is 18.9. The lowest BCUT2D eigenvalue weighted by atomic mass is 10.1. The molecule has 1 heterocycles. The van der Waals surface area contributed by atoms with Gasteiger partial charge in [-0.2, -0.15) is 0 Å². The molecule has 22 heavy (non-hydrogen) atoms. The van der Waals surface area contributed by atoms with Crippen molar-refractivity contribution in [3.63, 3.8) is 0 Å². The van der Waals surface area contributed by atoms with Crippen molar-refractivity contribution in [2.24, 2.45) is 0 Å². The minimum atomic E-state index is -0.622. The molecule has 0 aliphatic carbocycles. The summed E-state index contributed by atoms with van der Waals surface area (Å²) in [7, 11) is 1.28. The molecular formula is C15H23ClO6. The van der Waals surface area contributed by atoms with Gasteiger partial charge < -0.3 is 18.9 Å². The van der Waals surface area contributed by atoms with Gasteiger partial charge in [0.2, 0.25) is 0 Å². The highest BCUT2D eigenvalue weighted by atomic mass is 35.5. The van der Waals surface area contributed by atoms with E-state index >= 15 is 0 Å². The summed E-state index contributed by atoms with van der Waals surface area (Å²) in [6.45, 7) is 4.41. The maximum absolute atomic E-state index is 11.4. The number of rotatable bonds is 8. The maximum Gasteiger partial charge on any atom is 0.330 e. The average Bonchev–Trinajstić information content (AvgIpc) is 2.95. The molecule has 0 aromatic carbocycles. The van der Waals surface area contributed by atoms with E-state index in [4.69, 9.17) is 25.8 Å².